The van der Waals surface area contributed by atoms with Crippen LogP contribution in [0, 0.1) is 0 Å². The van der Waals surface area contributed by atoms with Crippen LogP contribution in [0.15, 0.2) is 48.9 Å². The minimum Gasteiger partial charge on any atom is -0.337 e. The highest BCUT2D eigenvalue weighted by Gasteiger charge is 2.30. The molecular formula is C18H19ClN4O2. The zero-order valence-electron chi connectivity index (χ0n) is 13.7. The number of aromatic nitrogens is 2. The molecular weight excluding hydrogens is 340 g/mol. The molecule has 1 aliphatic rings. The standard InChI is InChI=1S/C18H19ClN4O2/c19-12-17(24)23(14-4-2-1-3-5-14)15-7-10-22(11-8-15)18(25)16-6-9-20-13-21-16/h1-6,9,13,15H,7-8,10-12H2. The summed E-state index contributed by atoms with van der Waals surface area (Å²) in [5, 5.41) is 0. The Morgan fingerprint density at radius 1 is 1.16 bits per heavy atom. The molecule has 0 bridgehead atoms. The Morgan fingerprint density at radius 3 is 2.48 bits per heavy atom. The van der Waals surface area contributed by atoms with E-state index in [-0.39, 0.29) is 23.7 Å². The number of carbonyl (C=O) groups is 2. The van der Waals surface area contributed by atoms with Gasteiger partial charge in [-0.25, -0.2) is 9.97 Å². The normalized spacial score (nSPS) is 15.0. The number of benzene rings is 1. The van der Waals surface area contributed by atoms with Crippen molar-refractivity contribution in [2.75, 3.05) is 23.9 Å². The maximum atomic E-state index is 12.5. The molecule has 6 nitrogen and oxygen atoms in total. The molecule has 1 fully saturated rings. The van der Waals surface area contributed by atoms with Crippen LogP contribution >= 0.6 is 11.6 Å². The molecule has 7 heteroatoms. The first-order valence-corrected chi connectivity index (χ1v) is 8.72. The first kappa shape index (κ1) is 17.4. The second kappa shape index (κ2) is 8.07. The van der Waals surface area contributed by atoms with Gasteiger partial charge in [0.15, 0.2) is 0 Å². The Labute approximate surface area is 151 Å². The summed E-state index contributed by atoms with van der Waals surface area (Å²) in [6.45, 7) is 1.15. The van der Waals surface area contributed by atoms with Crippen LogP contribution in [0.5, 0.6) is 0 Å². The number of carbonyl (C=O) groups excluding carboxylic acids is 2. The highest BCUT2D eigenvalue weighted by molar-refractivity contribution is 6.29. The largest absolute Gasteiger partial charge is 0.337 e. The van der Waals surface area contributed by atoms with Gasteiger partial charge in [0.2, 0.25) is 5.91 Å². The highest BCUT2D eigenvalue weighted by Crippen LogP contribution is 2.24. The molecule has 0 unspecified atom stereocenters. The number of amides is 2. The van der Waals surface area contributed by atoms with Crippen molar-refractivity contribution >= 4 is 29.1 Å². The zero-order chi connectivity index (χ0) is 17.6. The van der Waals surface area contributed by atoms with Crippen molar-refractivity contribution in [1.82, 2.24) is 14.9 Å². The van der Waals surface area contributed by atoms with Gasteiger partial charge in [-0.2, -0.15) is 0 Å². The lowest BCUT2D eigenvalue weighted by Crippen LogP contribution is -2.49. The summed E-state index contributed by atoms with van der Waals surface area (Å²) < 4.78 is 0. The number of hydrogen-bond donors (Lipinski definition) is 0. The molecule has 25 heavy (non-hydrogen) atoms. The first-order valence-electron chi connectivity index (χ1n) is 8.19. The third-order valence-electron chi connectivity index (χ3n) is 4.34. The minimum absolute atomic E-state index is 0.0306. The van der Waals surface area contributed by atoms with Crippen LogP contribution in [0.1, 0.15) is 23.3 Å². The summed E-state index contributed by atoms with van der Waals surface area (Å²) in [6.07, 6.45) is 4.34. The number of nitrogens with zero attached hydrogens (tertiary/aromatic N) is 4. The average Bonchev–Trinajstić information content (AvgIpc) is 2.69. The zero-order valence-corrected chi connectivity index (χ0v) is 14.5. The molecule has 0 radical (unpaired) electrons. The maximum Gasteiger partial charge on any atom is 0.272 e. The molecule has 1 aromatic carbocycles. The number of likely N-dealkylation sites (tertiary alicyclic amines) is 1. The Morgan fingerprint density at radius 2 is 1.88 bits per heavy atom. The highest BCUT2D eigenvalue weighted by atomic mass is 35.5. The van der Waals surface area contributed by atoms with E-state index in [0.717, 1.165) is 5.69 Å². The van der Waals surface area contributed by atoms with Gasteiger partial charge in [0.25, 0.3) is 5.91 Å². The Balaban J connectivity index is 1.69. The van der Waals surface area contributed by atoms with Gasteiger partial charge in [-0.3, -0.25) is 9.59 Å². The van der Waals surface area contributed by atoms with E-state index in [0.29, 0.717) is 31.6 Å². The molecule has 0 atom stereocenters. The summed E-state index contributed by atoms with van der Waals surface area (Å²) in [7, 11) is 0. The Kier molecular flexibility index (Phi) is 5.60. The molecule has 1 saturated heterocycles. The predicted molar refractivity (Wildman–Crippen MR) is 95.6 cm³/mol. The quantitative estimate of drug-likeness (QED) is 0.787. The van der Waals surface area contributed by atoms with E-state index in [1.54, 1.807) is 22.1 Å². The molecule has 130 valence electrons. The van der Waals surface area contributed by atoms with E-state index in [1.807, 2.05) is 30.3 Å². The van der Waals surface area contributed by atoms with Crippen molar-refractivity contribution in [2.45, 2.75) is 18.9 Å². The molecule has 1 aliphatic heterocycles. The van der Waals surface area contributed by atoms with E-state index in [4.69, 9.17) is 11.6 Å². The van der Waals surface area contributed by atoms with Gasteiger partial charge in [0, 0.05) is 31.0 Å². The molecule has 0 spiro atoms. The number of hydrogen-bond acceptors (Lipinski definition) is 4. The van der Waals surface area contributed by atoms with Crippen molar-refractivity contribution in [3.8, 4) is 0 Å². The van der Waals surface area contributed by atoms with Crippen molar-refractivity contribution in [3.63, 3.8) is 0 Å². The van der Waals surface area contributed by atoms with Gasteiger partial charge in [0.1, 0.15) is 17.9 Å². The first-order chi connectivity index (χ1) is 12.2. The fraction of sp³-hybridized carbons (Fsp3) is 0.333. The number of anilines is 1. The van der Waals surface area contributed by atoms with Crippen molar-refractivity contribution < 1.29 is 9.59 Å². The van der Waals surface area contributed by atoms with E-state index in [2.05, 4.69) is 9.97 Å². The molecule has 2 heterocycles. The summed E-state index contributed by atoms with van der Waals surface area (Å²) >= 11 is 5.81. The van der Waals surface area contributed by atoms with Crippen LogP contribution in [0.4, 0.5) is 5.69 Å². The molecule has 0 aliphatic carbocycles. The molecule has 1 aromatic heterocycles. The van der Waals surface area contributed by atoms with Gasteiger partial charge in [-0.1, -0.05) is 18.2 Å². The fourth-order valence-corrected chi connectivity index (χ4v) is 3.25. The molecule has 0 saturated carbocycles. The number of alkyl halides is 1. The predicted octanol–water partition coefficient (Wildman–Crippen LogP) is 2.35. The topological polar surface area (TPSA) is 66.4 Å². The Bertz CT molecular complexity index is 718. The molecule has 0 N–H and O–H groups in total. The number of piperidine rings is 1. The van der Waals surface area contributed by atoms with Crippen molar-refractivity contribution in [3.05, 3.63) is 54.6 Å². The van der Waals surface area contributed by atoms with E-state index >= 15 is 0 Å². The van der Waals surface area contributed by atoms with Crippen molar-refractivity contribution in [1.29, 1.82) is 0 Å². The molecule has 3 rings (SSSR count). The third kappa shape index (κ3) is 3.96. The lowest BCUT2D eigenvalue weighted by molar-refractivity contribution is -0.116. The Hall–Kier alpha value is -2.47. The van der Waals surface area contributed by atoms with E-state index < -0.39 is 0 Å². The summed E-state index contributed by atoms with van der Waals surface area (Å²) in [4.78, 5) is 36.2. The smallest absolute Gasteiger partial charge is 0.272 e. The lowest BCUT2D eigenvalue weighted by Gasteiger charge is -2.38. The number of para-hydroxylation sites is 1. The van der Waals surface area contributed by atoms with Crippen molar-refractivity contribution in [2.24, 2.45) is 0 Å². The second-order valence-corrected chi connectivity index (χ2v) is 6.12. The minimum atomic E-state index is -0.117. The summed E-state index contributed by atoms with van der Waals surface area (Å²) in [6, 6.07) is 11.2. The maximum absolute atomic E-state index is 12.5. The van der Waals surface area contributed by atoms with Crippen LogP contribution in [-0.2, 0) is 4.79 Å². The number of halogens is 1. The van der Waals surface area contributed by atoms with Crippen LogP contribution in [0.3, 0.4) is 0 Å². The van der Waals surface area contributed by atoms with Crippen LogP contribution in [-0.4, -0.2) is 51.7 Å². The third-order valence-corrected chi connectivity index (χ3v) is 4.56. The molecule has 2 aromatic rings. The van der Waals surface area contributed by atoms with Gasteiger partial charge >= 0.3 is 0 Å². The van der Waals surface area contributed by atoms with Crippen LogP contribution < -0.4 is 4.90 Å². The SMILES string of the molecule is O=C(c1ccncn1)N1CCC(N(C(=O)CCl)c2ccccc2)CC1. The van der Waals surface area contributed by atoms with Crippen LogP contribution in [0.25, 0.3) is 0 Å². The second-order valence-electron chi connectivity index (χ2n) is 5.85. The summed E-state index contributed by atoms with van der Waals surface area (Å²) in [5.74, 6) is -0.279. The lowest BCUT2D eigenvalue weighted by atomic mass is 10.0. The van der Waals surface area contributed by atoms with E-state index in [1.165, 1.54) is 6.33 Å². The summed E-state index contributed by atoms with van der Waals surface area (Å²) in [5.41, 5.74) is 1.24. The van der Waals surface area contributed by atoms with Crippen LogP contribution in [0.2, 0.25) is 0 Å². The van der Waals surface area contributed by atoms with Gasteiger partial charge in [-0.05, 0) is 31.0 Å². The number of rotatable bonds is 4. The average molecular weight is 359 g/mol. The molecule has 2 amide bonds. The van der Waals surface area contributed by atoms with Gasteiger partial charge in [0.05, 0.1) is 0 Å². The monoisotopic (exact) mass is 358 g/mol. The van der Waals surface area contributed by atoms with Gasteiger partial charge in [-0.15, -0.1) is 11.6 Å². The fourth-order valence-electron chi connectivity index (χ4n) is 3.12. The van der Waals surface area contributed by atoms with E-state index in [9.17, 15) is 9.59 Å². The van der Waals surface area contributed by atoms with Gasteiger partial charge < -0.3 is 9.80 Å².